The second-order valence-electron chi connectivity index (χ2n) is 15.9. The van der Waals surface area contributed by atoms with E-state index in [2.05, 4.69) is 30.3 Å². The van der Waals surface area contributed by atoms with E-state index in [1.165, 1.54) is 12.1 Å². The van der Waals surface area contributed by atoms with Crippen LogP contribution in [0.15, 0.2) is 54.7 Å². The zero-order chi connectivity index (χ0) is 41.4. The first-order chi connectivity index (χ1) is 28.3. The number of alkyl halides is 3. The van der Waals surface area contributed by atoms with Crippen molar-refractivity contribution in [2.75, 3.05) is 67.5 Å². The Hall–Kier alpha value is -6.02. The Kier molecular flexibility index (Phi) is 11.0. The molecule has 4 fully saturated rings. The van der Waals surface area contributed by atoms with Gasteiger partial charge in [0.25, 0.3) is 11.8 Å². The summed E-state index contributed by atoms with van der Waals surface area (Å²) in [6.45, 7) is 13.1. The van der Waals surface area contributed by atoms with Gasteiger partial charge in [-0.15, -0.1) is 0 Å². The molecular formula is C42H43F3N8O6. The minimum atomic E-state index is -4.62. The fraction of sp³-hybridized carbons (Fsp3) is 0.452. The number of pyridine rings is 1. The summed E-state index contributed by atoms with van der Waals surface area (Å²) in [6, 6.07) is 11.3. The number of halogens is 3. The van der Waals surface area contributed by atoms with E-state index < -0.39 is 47.1 Å². The number of amides is 5. The summed E-state index contributed by atoms with van der Waals surface area (Å²) in [6.07, 6.45) is 0.210. The summed E-state index contributed by atoms with van der Waals surface area (Å²) >= 11 is 0. The van der Waals surface area contributed by atoms with Crippen LogP contribution in [0.2, 0.25) is 0 Å². The fourth-order valence-electron chi connectivity index (χ4n) is 8.67. The smallest absolute Gasteiger partial charge is 0.407 e. The lowest BCUT2D eigenvalue weighted by Gasteiger charge is -2.44. The molecule has 0 bridgehead atoms. The zero-order valence-electron chi connectivity index (χ0n) is 32.2. The largest absolute Gasteiger partial charge is 0.493 e. The summed E-state index contributed by atoms with van der Waals surface area (Å²) in [7, 11) is 0. The topological polar surface area (TPSA) is 149 Å². The number of likely N-dealkylation sites (tertiary alicyclic amines) is 1. The van der Waals surface area contributed by atoms with Crippen molar-refractivity contribution in [3.63, 3.8) is 0 Å². The van der Waals surface area contributed by atoms with Crippen LogP contribution in [0.5, 0.6) is 5.75 Å². The van der Waals surface area contributed by atoms with Crippen LogP contribution in [-0.2, 0) is 20.6 Å². The first-order valence-electron chi connectivity index (χ1n) is 19.9. The highest BCUT2D eigenvalue weighted by atomic mass is 19.4. The standard InChI is InChI=1S/C42H43F3N8O6/c1-46-34-6-2-28(18-33(34)42(43,44)45)51-16-12-27(13-17-51)38(55)48-36-8-3-29(20-47-36)52-22-26(23-52)21-50-14-10-25(11-15-50)24-59-30-4-5-31-32(19-30)41(58)53(40(31)57)35-7-9-37(54)49-39(35)56/h2-6,8,18-20,25-27,35H,7,9-17,21-24H2,(H,47,48,55)(H,49,54,56). The molecule has 0 aliphatic carbocycles. The Morgan fingerprint density at radius 2 is 1.59 bits per heavy atom. The molecule has 0 saturated carbocycles. The molecule has 17 heteroatoms. The minimum absolute atomic E-state index is 0.0638. The molecule has 5 aliphatic heterocycles. The van der Waals surface area contributed by atoms with E-state index in [9.17, 15) is 37.1 Å². The Morgan fingerprint density at radius 3 is 2.27 bits per heavy atom. The summed E-state index contributed by atoms with van der Waals surface area (Å²) in [5.41, 5.74) is 0.410. The molecule has 4 saturated heterocycles. The molecule has 59 heavy (non-hydrogen) atoms. The van der Waals surface area contributed by atoms with Crippen LogP contribution in [0, 0.1) is 24.3 Å². The van der Waals surface area contributed by atoms with Gasteiger partial charge < -0.3 is 24.8 Å². The van der Waals surface area contributed by atoms with Gasteiger partial charge in [0.1, 0.15) is 17.6 Å². The average Bonchev–Trinajstić information content (AvgIpc) is 3.46. The number of piperidine rings is 3. The first kappa shape index (κ1) is 39.8. The highest BCUT2D eigenvalue weighted by molar-refractivity contribution is 6.23. The molecule has 1 aromatic heterocycles. The highest BCUT2D eigenvalue weighted by Crippen LogP contribution is 2.39. The molecule has 5 aliphatic rings. The highest BCUT2D eigenvalue weighted by Gasteiger charge is 2.45. The minimum Gasteiger partial charge on any atom is -0.493 e. The van der Waals surface area contributed by atoms with Gasteiger partial charge in [0.05, 0.1) is 41.8 Å². The van der Waals surface area contributed by atoms with Gasteiger partial charge in [-0.1, -0.05) is 6.07 Å². The van der Waals surface area contributed by atoms with Crippen LogP contribution in [0.25, 0.3) is 4.85 Å². The lowest BCUT2D eigenvalue weighted by atomic mass is 9.94. The Balaban J connectivity index is 0.732. The van der Waals surface area contributed by atoms with E-state index in [0.717, 1.165) is 62.2 Å². The molecule has 308 valence electrons. The van der Waals surface area contributed by atoms with Crippen LogP contribution in [0.3, 0.4) is 0 Å². The van der Waals surface area contributed by atoms with Crippen molar-refractivity contribution in [2.45, 2.75) is 50.7 Å². The third kappa shape index (κ3) is 8.45. The number of fused-ring (bicyclic) bond motifs is 1. The quantitative estimate of drug-likeness (QED) is 0.209. The van der Waals surface area contributed by atoms with E-state index in [4.69, 9.17) is 11.3 Å². The molecule has 0 spiro atoms. The summed E-state index contributed by atoms with van der Waals surface area (Å²) in [5, 5.41) is 5.10. The molecule has 8 rings (SSSR count). The molecule has 14 nitrogen and oxygen atoms in total. The predicted octanol–water partition coefficient (Wildman–Crippen LogP) is 5.13. The lowest BCUT2D eigenvalue weighted by Crippen LogP contribution is -2.54. The number of imide groups is 2. The predicted molar refractivity (Wildman–Crippen MR) is 209 cm³/mol. The van der Waals surface area contributed by atoms with Crippen LogP contribution >= 0.6 is 0 Å². The number of anilines is 3. The maximum Gasteiger partial charge on any atom is 0.407 e. The van der Waals surface area contributed by atoms with Crippen molar-refractivity contribution in [1.82, 2.24) is 20.1 Å². The van der Waals surface area contributed by atoms with Crippen molar-refractivity contribution in [3.8, 4) is 5.75 Å². The third-order valence-electron chi connectivity index (χ3n) is 12.1. The Morgan fingerprint density at radius 1 is 0.864 bits per heavy atom. The summed E-state index contributed by atoms with van der Waals surface area (Å²) in [5.74, 6) is -0.816. The molecule has 0 radical (unpaired) electrons. The molecule has 1 atom stereocenters. The number of nitrogens with one attached hydrogen (secondary N) is 2. The van der Waals surface area contributed by atoms with E-state index in [-0.39, 0.29) is 35.8 Å². The van der Waals surface area contributed by atoms with Crippen molar-refractivity contribution >= 4 is 52.4 Å². The van der Waals surface area contributed by atoms with Crippen molar-refractivity contribution in [2.24, 2.45) is 17.8 Å². The Labute approximate surface area is 338 Å². The van der Waals surface area contributed by atoms with E-state index in [1.807, 2.05) is 11.0 Å². The van der Waals surface area contributed by atoms with Crippen molar-refractivity contribution in [1.29, 1.82) is 0 Å². The monoisotopic (exact) mass is 812 g/mol. The van der Waals surface area contributed by atoms with Gasteiger partial charge in [-0.25, -0.2) is 9.83 Å². The second kappa shape index (κ2) is 16.3. The van der Waals surface area contributed by atoms with E-state index >= 15 is 0 Å². The van der Waals surface area contributed by atoms with Crippen molar-refractivity contribution in [3.05, 3.63) is 82.8 Å². The van der Waals surface area contributed by atoms with Gasteiger partial charge in [-0.2, -0.15) is 13.2 Å². The van der Waals surface area contributed by atoms with Crippen LogP contribution < -0.4 is 25.2 Å². The average molecular weight is 813 g/mol. The number of hydrogen-bond acceptors (Lipinski definition) is 10. The van der Waals surface area contributed by atoms with Gasteiger partial charge in [-0.05, 0) is 93.6 Å². The lowest BCUT2D eigenvalue weighted by molar-refractivity contribution is -0.137. The molecule has 5 amide bonds. The molecular weight excluding hydrogens is 770 g/mol. The maximum absolute atomic E-state index is 13.5. The number of carbonyl (C=O) groups excluding carboxylic acids is 5. The van der Waals surface area contributed by atoms with Gasteiger partial charge >= 0.3 is 6.18 Å². The van der Waals surface area contributed by atoms with E-state index in [1.54, 1.807) is 30.5 Å². The van der Waals surface area contributed by atoms with Gasteiger partial charge in [0.2, 0.25) is 17.7 Å². The second-order valence-corrected chi connectivity index (χ2v) is 15.9. The van der Waals surface area contributed by atoms with Crippen molar-refractivity contribution < 1.29 is 41.9 Å². The first-order valence-corrected chi connectivity index (χ1v) is 19.9. The number of ether oxygens (including phenoxy) is 1. The van der Waals surface area contributed by atoms with E-state index in [0.29, 0.717) is 61.6 Å². The van der Waals surface area contributed by atoms with Crippen LogP contribution in [0.1, 0.15) is 64.8 Å². The number of rotatable bonds is 10. The molecule has 2 N–H and O–H groups in total. The zero-order valence-corrected chi connectivity index (χ0v) is 32.2. The number of aromatic nitrogens is 1. The SMILES string of the molecule is [C-]#[N+]c1ccc(N2CCC(C(=O)Nc3ccc(N4CC(CN5CCC(COc6ccc7c(c6)C(=O)N(C6CCC(=O)NC6=O)C7=O)CC5)C4)cn3)CC2)cc1C(F)(F)F. The molecule has 1 unspecified atom stereocenters. The fourth-order valence-corrected chi connectivity index (χ4v) is 8.67. The number of carbonyl (C=O) groups is 5. The molecule has 6 heterocycles. The van der Waals surface area contributed by atoms with Crippen LogP contribution in [0.4, 0.5) is 36.1 Å². The number of nitrogens with zero attached hydrogens (tertiary/aromatic N) is 6. The van der Waals surface area contributed by atoms with Crippen LogP contribution in [-0.4, -0.2) is 103 Å². The number of benzene rings is 2. The normalized spacial score (nSPS) is 20.9. The van der Waals surface area contributed by atoms with Gasteiger partial charge in [0, 0.05) is 56.7 Å². The molecule has 2 aromatic carbocycles. The number of hydrogen-bond donors (Lipinski definition) is 2. The molecule has 3 aromatic rings. The van der Waals surface area contributed by atoms with Gasteiger partial charge in [0.15, 0.2) is 5.69 Å². The Bertz CT molecular complexity index is 2190. The third-order valence-corrected chi connectivity index (χ3v) is 12.1. The maximum atomic E-state index is 13.5. The summed E-state index contributed by atoms with van der Waals surface area (Å²) in [4.78, 5) is 78.1. The van der Waals surface area contributed by atoms with Gasteiger partial charge in [-0.3, -0.25) is 34.2 Å². The summed E-state index contributed by atoms with van der Waals surface area (Å²) < 4.78 is 46.5.